The van der Waals surface area contributed by atoms with Crippen LogP contribution in [0, 0.1) is 5.82 Å². The average molecular weight is 331 g/mol. The van der Waals surface area contributed by atoms with Crippen molar-refractivity contribution in [2.75, 3.05) is 7.05 Å². The summed E-state index contributed by atoms with van der Waals surface area (Å²) in [6, 6.07) is 3.20. The summed E-state index contributed by atoms with van der Waals surface area (Å²) < 4.78 is 55.4. The Hall–Kier alpha value is -2.45. The minimum atomic E-state index is -4.78. The van der Waals surface area contributed by atoms with Gasteiger partial charge in [-0.3, -0.25) is 4.79 Å². The number of nitrogens with zero attached hydrogens (tertiary/aromatic N) is 3. The first-order valence-electron chi connectivity index (χ1n) is 6.59. The van der Waals surface area contributed by atoms with Gasteiger partial charge < -0.3 is 9.42 Å². The van der Waals surface area contributed by atoms with E-state index >= 15 is 0 Å². The average Bonchev–Trinajstić information content (AvgIpc) is 2.95. The molecule has 0 spiro atoms. The Kier molecular flexibility index (Phi) is 4.39. The lowest BCUT2D eigenvalue weighted by Crippen LogP contribution is -2.33. The standard InChI is InChI=1S/C14H13F4N3O2/c1-7(2)21(3)12(22)9-5-4-8(6-10(9)15)11-19-13(23-20-11)14(16,17)18/h4-7H,1-3H3. The first-order chi connectivity index (χ1) is 10.6. The molecule has 1 aromatic carbocycles. The molecule has 124 valence electrons. The van der Waals surface area contributed by atoms with Crippen LogP contribution in [0.5, 0.6) is 0 Å². The number of rotatable bonds is 3. The Bertz CT molecular complexity index is 725. The molecule has 0 aliphatic rings. The van der Waals surface area contributed by atoms with Gasteiger partial charge in [-0.25, -0.2) is 4.39 Å². The van der Waals surface area contributed by atoms with E-state index in [1.807, 2.05) is 0 Å². The topological polar surface area (TPSA) is 59.2 Å². The maximum absolute atomic E-state index is 14.1. The predicted molar refractivity (Wildman–Crippen MR) is 71.9 cm³/mol. The molecule has 0 N–H and O–H groups in total. The van der Waals surface area contributed by atoms with Crippen LogP contribution >= 0.6 is 0 Å². The molecule has 0 saturated heterocycles. The summed E-state index contributed by atoms with van der Waals surface area (Å²) in [4.78, 5) is 16.6. The largest absolute Gasteiger partial charge is 0.471 e. The normalized spacial score (nSPS) is 11.8. The van der Waals surface area contributed by atoms with Crippen molar-refractivity contribution in [3.8, 4) is 11.4 Å². The summed E-state index contributed by atoms with van der Waals surface area (Å²) in [7, 11) is 1.52. The van der Waals surface area contributed by atoms with Crippen molar-refractivity contribution in [3.05, 3.63) is 35.5 Å². The van der Waals surface area contributed by atoms with Gasteiger partial charge in [0, 0.05) is 18.7 Å². The molecule has 0 fully saturated rings. The molecule has 0 radical (unpaired) electrons. The number of benzene rings is 1. The molecule has 9 heteroatoms. The van der Waals surface area contributed by atoms with Crippen LogP contribution < -0.4 is 0 Å². The number of carbonyl (C=O) groups is 1. The van der Waals surface area contributed by atoms with Crippen LogP contribution in [0.2, 0.25) is 0 Å². The monoisotopic (exact) mass is 331 g/mol. The van der Waals surface area contributed by atoms with Gasteiger partial charge in [-0.1, -0.05) is 11.2 Å². The third-order valence-electron chi connectivity index (χ3n) is 3.22. The second-order valence-electron chi connectivity index (χ2n) is 5.13. The summed E-state index contributed by atoms with van der Waals surface area (Å²) in [5, 5.41) is 3.16. The molecule has 5 nitrogen and oxygen atoms in total. The van der Waals surface area contributed by atoms with Crippen LogP contribution in [0.25, 0.3) is 11.4 Å². The molecule has 23 heavy (non-hydrogen) atoms. The molecule has 0 aliphatic heterocycles. The highest BCUT2D eigenvalue weighted by Crippen LogP contribution is 2.29. The summed E-state index contributed by atoms with van der Waals surface area (Å²) in [5.74, 6) is -3.34. The van der Waals surface area contributed by atoms with Gasteiger partial charge in [0.1, 0.15) is 5.82 Å². The number of hydrogen-bond donors (Lipinski definition) is 0. The molecule has 2 aromatic rings. The van der Waals surface area contributed by atoms with Crippen molar-refractivity contribution >= 4 is 5.91 Å². The first kappa shape index (κ1) is 16.9. The van der Waals surface area contributed by atoms with Crippen LogP contribution in [0.3, 0.4) is 0 Å². The maximum atomic E-state index is 14.1. The van der Waals surface area contributed by atoms with E-state index in [1.165, 1.54) is 24.1 Å². The smallest absolute Gasteiger partial charge is 0.339 e. The van der Waals surface area contributed by atoms with Crippen molar-refractivity contribution < 1.29 is 26.9 Å². The lowest BCUT2D eigenvalue weighted by molar-refractivity contribution is -0.159. The molecular formula is C14H13F4N3O2. The van der Waals surface area contributed by atoms with Gasteiger partial charge in [0.2, 0.25) is 5.82 Å². The van der Waals surface area contributed by atoms with Gasteiger partial charge in [-0.2, -0.15) is 18.2 Å². The number of aromatic nitrogens is 2. The Labute approximate surface area is 128 Å². The second-order valence-corrected chi connectivity index (χ2v) is 5.13. The van der Waals surface area contributed by atoms with E-state index in [9.17, 15) is 22.4 Å². The molecule has 1 heterocycles. The van der Waals surface area contributed by atoms with Crippen LogP contribution in [0.1, 0.15) is 30.1 Å². The minimum Gasteiger partial charge on any atom is -0.339 e. The molecule has 0 aliphatic carbocycles. The van der Waals surface area contributed by atoms with Gasteiger partial charge in [0.25, 0.3) is 5.91 Å². The van der Waals surface area contributed by atoms with E-state index in [4.69, 9.17) is 0 Å². The summed E-state index contributed by atoms with van der Waals surface area (Å²) in [6.45, 7) is 3.53. The van der Waals surface area contributed by atoms with Gasteiger partial charge >= 0.3 is 12.1 Å². The minimum absolute atomic E-state index is 0.0227. The van der Waals surface area contributed by atoms with Gasteiger partial charge in [0.15, 0.2) is 0 Å². The van der Waals surface area contributed by atoms with Crippen molar-refractivity contribution in [3.63, 3.8) is 0 Å². The molecule has 1 amide bonds. The van der Waals surface area contributed by atoms with Crippen LogP contribution in [0.4, 0.5) is 17.6 Å². The first-order valence-corrected chi connectivity index (χ1v) is 6.59. The molecule has 0 unspecified atom stereocenters. The lowest BCUT2D eigenvalue weighted by atomic mass is 10.1. The third-order valence-corrected chi connectivity index (χ3v) is 3.22. The zero-order valence-electron chi connectivity index (χ0n) is 12.5. The van der Waals surface area contributed by atoms with Crippen molar-refractivity contribution in [2.45, 2.75) is 26.1 Å². The van der Waals surface area contributed by atoms with Crippen LogP contribution in [-0.2, 0) is 6.18 Å². The molecule has 0 atom stereocenters. The van der Waals surface area contributed by atoms with Gasteiger partial charge in [0.05, 0.1) is 5.56 Å². The number of carbonyl (C=O) groups excluding carboxylic acids is 1. The van der Waals surface area contributed by atoms with Crippen LogP contribution in [-0.4, -0.2) is 34.0 Å². The predicted octanol–water partition coefficient (Wildman–Crippen LogP) is 3.37. The highest BCUT2D eigenvalue weighted by atomic mass is 19.4. The SMILES string of the molecule is CC(C)N(C)C(=O)c1ccc(-c2noc(C(F)(F)F)n2)cc1F. The Morgan fingerprint density at radius 3 is 2.43 bits per heavy atom. The molecule has 0 saturated carbocycles. The number of alkyl halides is 3. The highest BCUT2D eigenvalue weighted by Gasteiger charge is 2.38. The maximum Gasteiger partial charge on any atom is 0.471 e. The van der Waals surface area contributed by atoms with Crippen molar-refractivity contribution in [2.24, 2.45) is 0 Å². The quantitative estimate of drug-likeness (QED) is 0.809. The molecule has 1 aromatic heterocycles. The van der Waals surface area contributed by atoms with E-state index in [1.54, 1.807) is 13.8 Å². The van der Waals surface area contributed by atoms with Gasteiger partial charge in [-0.15, -0.1) is 0 Å². The van der Waals surface area contributed by atoms with Crippen molar-refractivity contribution in [1.82, 2.24) is 15.0 Å². The number of halogens is 4. The fraction of sp³-hybridized carbons (Fsp3) is 0.357. The second kappa shape index (κ2) is 5.98. The molecule has 2 rings (SSSR count). The summed E-state index contributed by atoms with van der Waals surface area (Å²) >= 11 is 0. The Morgan fingerprint density at radius 1 is 1.30 bits per heavy atom. The zero-order valence-corrected chi connectivity index (χ0v) is 12.5. The number of hydrogen-bond acceptors (Lipinski definition) is 4. The fourth-order valence-corrected chi connectivity index (χ4v) is 1.71. The van der Waals surface area contributed by atoms with Crippen molar-refractivity contribution in [1.29, 1.82) is 0 Å². The van der Waals surface area contributed by atoms with E-state index in [0.717, 1.165) is 6.07 Å². The molecule has 0 bridgehead atoms. The molecular weight excluding hydrogens is 318 g/mol. The third kappa shape index (κ3) is 3.49. The fourth-order valence-electron chi connectivity index (χ4n) is 1.71. The Morgan fingerprint density at radius 2 is 1.96 bits per heavy atom. The lowest BCUT2D eigenvalue weighted by Gasteiger charge is -2.21. The summed E-state index contributed by atoms with van der Waals surface area (Å²) in [6.07, 6.45) is -4.78. The Balaban J connectivity index is 2.33. The van der Waals surface area contributed by atoms with E-state index in [-0.39, 0.29) is 17.2 Å². The zero-order chi connectivity index (χ0) is 17.4. The van der Waals surface area contributed by atoms with E-state index in [0.29, 0.717) is 0 Å². The van der Waals surface area contributed by atoms with E-state index in [2.05, 4.69) is 14.7 Å². The van der Waals surface area contributed by atoms with E-state index < -0.39 is 29.6 Å². The van der Waals surface area contributed by atoms with Crippen LogP contribution in [0.15, 0.2) is 22.7 Å². The summed E-state index contributed by atoms with van der Waals surface area (Å²) in [5.41, 5.74) is -0.213. The van der Waals surface area contributed by atoms with Gasteiger partial charge in [-0.05, 0) is 26.0 Å². The number of amides is 1. The highest BCUT2D eigenvalue weighted by molar-refractivity contribution is 5.95.